The third-order valence-corrected chi connectivity index (χ3v) is 4.82. The maximum Gasteiger partial charge on any atom is 0.277 e. The molecule has 8 heteroatoms. The van der Waals surface area contributed by atoms with Crippen LogP contribution in [0, 0.1) is 16.0 Å². The molecule has 1 aliphatic heterocycles. The van der Waals surface area contributed by atoms with Crippen molar-refractivity contribution >= 4 is 5.69 Å². The number of hydrogen-bond donors (Lipinski definition) is 3. The minimum absolute atomic E-state index is 0.0264. The first-order valence-corrected chi connectivity index (χ1v) is 9.20. The number of rotatable bonds is 9. The Morgan fingerprint density at radius 1 is 1.25 bits per heavy atom. The normalized spacial score (nSPS) is 18.8. The molecule has 0 aromatic heterocycles. The Bertz CT molecular complexity index is 800. The summed E-state index contributed by atoms with van der Waals surface area (Å²) in [5.41, 5.74) is 1.44. The molecule has 0 saturated carbocycles. The zero-order valence-corrected chi connectivity index (χ0v) is 15.8. The number of benzene rings is 2. The van der Waals surface area contributed by atoms with Crippen molar-refractivity contribution in [3.8, 4) is 11.5 Å². The van der Waals surface area contributed by atoms with Crippen LogP contribution in [0.3, 0.4) is 0 Å². The van der Waals surface area contributed by atoms with Gasteiger partial charge in [0, 0.05) is 37.7 Å². The highest BCUT2D eigenvalue weighted by atomic mass is 16.6. The second kappa shape index (κ2) is 9.50. The molecule has 0 aliphatic carbocycles. The van der Waals surface area contributed by atoms with Crippen LogP contribution in [0.25, 0.3) is 0 Å². The molecule has 0 radical (unpaired) electrons. The molecule has 0 amide bonds. The third-order valence-electron chi connectivity index (χ3n) is 4.82. The van der Waals surface area contributed by atoms with Crippen molar-refractivity contribution in [1.29, 1.82) is 0 Å². The Balaban J connectivity index is 1.71. The van der Waals surface area contributed by atoms with Gasteiger partial charge in [-0.25, -0.2) is 0 Å². The van der Waals surface area contributed by atoms with Gasteiger partial charge in [-0.2, -0.15) is 0 Å². The third kappa shape index (κ3) is 4.98. The van der Waals surface area contributed by atoms with Crippen LogP contribution in [0.5, 0.6) is 11.5 Å². The van der Waals surface area contributed by atoms with Gasteiger partial charge in [0.1, 0.15) is 6.61 Å². The van der Waals surface area contributed by atoms with E-state index in [-0.39, 0.29) is 11.6 Å². The number of β-amino-alcohol motifs (C(OH)–C–C–N with tert-alkyl or cyclic N) is 1. The van der Waals surface area contributed by atoms with Crippen LogP contribution in [-0.4, -0.2) is 42.9 Å². The first-order valence-electron chi connectivity index (χ1n) is 9.20. The Labute approximate surface area is 163 Å². The second-order valence-electron chi connectivity index (χ2n) is 6.78. The number of ether oxygens (including phenoxy) is 2. The van der Waals surface area contributed by atoms with Crippen molar-refractivity contribution in [3.63, 3.8) is 0 Å². The highest BCUT2D eigenvalue weighted by Crippen LogP contribution is 2.35. The SMILES string of the molecule is COc1cc(CNCC2CNCC2O)c([N+](=O)[O-])cc1OCc1ccccc1. The molecular weight excluding hydrogens is 362 g/mol. The van der Waals surface area contributed by atoms with Crippen LogP contribution < -0.4 is 20.1 Å². The minimum Gasteiger partial charge on any atom is -0.493 e. The summed E-state index contributed by atoms with van der Waals surface area (Å²) in [6, 6.07) is 12.6. The summed E-state index contributed by atoms with van der Waals surface area (Å²) >= 11 is 0. The zero-order valence-electron chi connectivity index (χ0n) is 15.8. The van der Waals surface area contributed by atoms with E-state index in [1.807, 2.05) is 30.3 Å². The number of nitro benzene ring substituents is 1. The molecule has 2 aromatic carbocycles. The fourth-order valence-electron chi connectivity index (χ4n) is 3.23. The van der Waals surface area contributed by atoms with Crippen molar-refractivity contribution in [3.05, 3.63) is 63.7 Å². The van der Waals surface area contributed by atoms with E-state index in [0.717, 1.165) is 12.1 Å². The standard InChI is InChI=1S/C20H25N3O5/c1-27-19-7-15(9-21-10-16-11-22-12-18(16)24)17(23(25)26)8-20(19)28-13-14-5-3-2-4-6-14/h2-8,16,18,21-22,24H,9-13H2,1H3. The van der Waals surface area contributed by atoms with E-state index >= 15 is 0 Å². The topological polar surface area (TPSA) is 106 Å². The molecule has 28 heavy (non-hydrogen) atoms. The quantitative estimate of drug-likeness (QED) is 0.445. The summed E-state index contributed by atoms with van der Waals surface area (Å²) < 4.78 is 11.1. The molecule has 2 atom stereocenters. The van der Waals surface area contributed by atoms with Gasteiger partial charge in [-0.05, 0) is 11.6 Å². The molecular formula is C20H25N3O5. The van der Waals surface area contributed by atoms with E-state index in [2.05, 4.69) is 10.6 Å². The lowest BCUT2D eigenvalue weighted by atomic mass is 10.1. The van der Waals surface area contributed by atoms with Crippen LogP contribution in [0.2, 0.25) is 0 Å². The summed E-state index contributed by atoms with van der Waals surface area (Å²) in [5, 5.41) is 27.7. The van der Waals surface area contributed by atoms with E-state index < -0.39 is 11.0 Å². The lowest BCUT2D eigenvalue weighted by Crippen LogP contribution is -2.30. The first kappa shape index (κ1) is 20.1. The fraction of sp³-hybridized carbons (Fsp3) is 0.400. The van der Waals surface area contributed by atoms with Crippen molar-refractivity contribution in [2.45, 2.75) is 19.3 Å². The summed E-state index contributed by atoms with van der Waals surface area (Å²) in [5.74, 6) is 0.868. The molecule has 3 N–H and O–H groups in total. The van der Waals surface area contributed by atoms with Crippen LogP contribution in [0.1, 0.15) is 11.1 Å². The summed E-state index contributed by atoms with van der Waals surface area (Å²) in [6.07, 6.45) is -0.397. The molecule has 1 saturated heterocycles. The lowest BCUT2D eigenvalue weighted by molar-refractivity contribution is -0.385. The summed E-state index contributed by atoms with van der Waals surface area (Å²) in [4.78, 5) is 11.1. The second-order valence-corrected chi connectivity index (χ2v) is 6.78. The van der Waals surface area contributed by atoms with Crippen LogP contribution in [0.4, 0.5) is 5.69 Å². The number of aliphatic hydroxyl groups excluding tert-OH is 1. The predicted octanol–water partition coefficient (Wildman–Crippen LogP) is 1.85. The number of nitrogens with zero attached hydrogens (tertiary/aromatic N) is 1. The van der Waals surface area contributed by atoms with Crippen LogP contribution >= 0.6 is 0 Å². The average Bonchev–Trinajstić information content (AvgIpc) is 3.11. The Kier molecular flexibility index (Phi) is 6.80. The molecule has 150 valence electrons. The van der Waals surface area contributed by atoms with E-state index in [9.17, 15) is 15.2 Å². The molecule has 1 aliphatic rings. The molecule has 1 fully saturated rings. The number of nitro groups is 1. The van der Waals surface area contributed by atoms with Gasteiger partial charge < -0.3 is 25.2 Å². The van der Waals surface area contributed by atoms with E-state index in [1.54, 1.807) is 6.07 Å². The number of nitrogens with one attached hydrogen (secondary N) is 2. The lowest BCUT2D eigenvalue weighted by Gasteiger charge is -2.16. The minimum atomic E-state index is -0.419. The van der Waals surface area contributed by atoms with Crippen LogP contribution in [-0.2, 0) is 13.2 Å². The number of hydrogen-bond acceptors (Lipinski definition) is 7. The maximum absolute atomic E-state index is 11.6. The van der Waals surface area contributed by atoms with E-state index in [1.165, 1.54) is 13.2 Å². The van der Waals surface area contributed by atoms with Gasteiger partial charge in [-0.1, -0.05) is 30.3 Å². The van der Waals surface area contributed by atoms with Gasteiger partial charge in [0.15, 0.2) is 11.5 Å². The van der Waals surface area contributed by atoms with Crippen molar-refractivity contribution < 1.29 is 19.5 Å². The Morgan fingerprint density at radius 2 is 2.04 bits per heavy atom. The predicted molar refractivity (Wildman–Crippen MR) is 104 cm³/mol. The maximum atomic E-state index is 11.6. The number of aliphatic hydroxyl groups is 1. The van der Waals surface area contributed by atoms with E-state index in [4.69, 9.17) is 9.47 Å². The summed E-state index contributed by atoms with van der Waals surface area (Å²) in [7, 11) is 1.51. The van der Waals surface area contributed by atoms with Crippen molar-refractivity contribution in [2.24, 2.45) is 5.92 Å². The monoisotopic (exact) mass is 387 g/mol. The molecule has 0 spiro atoms. The van der Waals surface area contributed by atoms with Gasteiger partial charge in [-0.3, -0.25) is 10.1 Å². The first-order chi connectivity index (χ1) is 13.6. The molecule has 8 nitrogen and oxygen atoms in total. The molecule has 1 heterocycles. The smallest absolute Gasteiger partial charge is 0.277 e. The molecule has 0 bridgehead atoms. The summed E-state index contributed by atoms with van der Waals surface area (Å²) in [6.45, 7) is 2.47. The number of methoxy groups -OCH3 is 1. The van der Waals surface area contributed by atoms with Gasteiger partial charge in [-0.15, -0.1) is 0 Å². The van der Waals surface area contributed by atoms with Crippen molar-refractivity contribution in [2.75, 3.05) is 26.7 Å². The molecule has 2 aromatic rings. The van der Waals surface area contributed by atoms with Gasteiger partial charge in [0.05, 0.1) is 24.2 Å². The average molecular weight is 387 g/mol. The van der Waals surface area contributed by atoms with Gasteiger partial charge in [0.25, 0.3) is 5.69 Å². The zero-order chi connectivity index (χ0) is 19.9. The van der Waals surface area contributed by atoms with Gasteiger partial charge >= 0.3 is 0 Å². The van der Waals surface area contributed by atoms with Crippen molar-refractivity contribution in [1.82, 2.24) is 10.6 Å². The highest BCUT2D eigenvalue weighted by Gasteiger charge is 2.25. The Morgan fingerprint density at radius 3 is 2.68 bits per heavy atom. The van der Waals surface area contributed by atoms with Crippen LogP contribution in [0.15, 0.2) is 42.5 Å². The molecule has 2 unspecified atom stereocenters. The largest absolute Gasteiger partial charge is 0.493 e. The van der Waals surface area contributed by atoms with Gasteiger partial charge in [0.2, 0.25) is 0 Å². The fourth-order valence-corrected chi connectivity index (χ4v) is 3.23. The Hall–Kier alpha value is -2.68. The van der Waals surface area contributed by atoms with E-state index in [0.29, 0.717) is 43.3 Å². The highest BCUT2D eigenvalue weighted by molar-refractivity contribution is 5.54. The molecule has 3 rings (SSSR count).